The zero-order chi connectivity index (χ0) is 62.8. The summed E-state index contributed by atoms with van der Waals surface area (Å²) < 4.78 is 0. The summed E-state index contributed by atoms with van der Waals surface area (Å²) >= 11 is 0. The number of guanidine groups is 1. The third kappa shape index (κ3) is 30.9. The first-order valence-electron chi connectivity index (χ1n) is 28.2. The van der Waals surface area contributed by atoms with E-state index in [4.69, 9.17) is 34.4 Å². The third-order valence-electron chi connectivity index (χ3n) is 12.8. The molecule has 0 spiro atoms. The van der Waals surface area contributed by atoms with Crippen molar-refractivity contribution >= 4 is 71.1 Å². The van der Waals surface area contributed by atoms with Gasteiger partial charge >= 0.3 is 11.9 Å². The van der Waals surface area contributed by atoms with Gasteiger partial charge in [-0.05, 0) is 128 Å². The third-order valence-corrected chi connectivity index (χ3v) is 12.8. The fourth-order valence-corrected chi connectivity index (χ4v) is 8.19. The van der Waals surface area contributed by atoms with Gasteiger partial charge in [-0.25, -0.2) is 4.79 Å². The number of nitrogens with two attached hydrogens (primary N) is 6. The molecule has 0 unspecified atom stereocenters. The molecule has 0 bridgehead atoms. The van der Waals surface area contributed by atoms with Crippen LogP contribution >= 0.6 is 0 Å². The van der Waals surface area contributed by atoms with E-state index < -0.39 is 144 Å². The Morgan fingerprint density at radius 3 is 1.24 bits per heavy atom. The van der Waals surface area contributed by atoms with Crippen LogP contribution in [0, 0.1) is 17.8 Å². The Morgan fingerprint density at radius 2 is 0.805 bits per heavy atom. The molecule has 0 aromatic carbocycles. The van der Waals surface area contributed by atoms with Crippen LogP contribution in [0.2, 0.25) is 0 Å². The fraction of sp³-hybridized carbons (Fsp3) is 0.769. The molecule has 0 heterocycles. The summed E-state index contributed by atoms with van der Waals surface area (Å²) in [4.78, 5) is 151. The molecule has 0 aromatic heterocycles. The molecule has 0 radical (unpaired) electrons. The van der Waals surface area contributed by atoms with Crippen LogP contribution in [0.3, 0.4) is 0 Å². The quantitative estimate of drug-likeness (QED) is 0.0156. The van der Waals surface area contributed by atoms with E-state index in [0.29, 0.717) is 45.1 Å². The van der Waals surface area contributed by atoms with Gasteiger partial charge in [-0.15, -0.1) is 0 Å². The van der Waals surface area contributed by atoms with Crippen LogP contribution in [0.4, 0.5) is 0 Å². The van der Waals surface area contributed by atoms with E-state index in [9.17, 15) is 68.1 Å². The van der Waals surface area contributed by atoms with E-state index in [2.05, 4.69) is 52.8 Å². The lowest BCUT2D eigenvalue weighted by Crippen LogP contribution is -2.62. The predicted octanol–water partition coefficient (Wildman–Crippen LogP) is -4.17. The number of carboxylic acids is 2. The lowest BCUT2D eigenvalue weighted by molar-refractivity contribution is -0.144. The predicted molar refractivity (Wildman–Crippen MR) is 305 cm³/mol. The minimum Gasteiger partial charge on any atom is -0.481 e. The van der Waals surface area contributed by atoms with Crippen molar-refractivity contribution in [3.63, 3.8) is 0 Å². The van der Waals surface area contributed by atoms with Gasteiger partial charge in [0.1, 0.15) is 54.4 Å². The number of rotatable bonds is 43. The molecule has 30 heteroatoms. The molecule has 82 heavy (non-hydrogen) atoms. The van der Waals surface area contributed by atoms with Crippen molar-refractivity contribution in [2.45, 2.75) is 212 Å². The number of aliphatic carboxylic acids is 2. The summed E-state index contributed by atoms with van der Waals surface area (Å²) in [5.74, 6) is -11.9. The largest absolute Gasteiger partial charge is 0.481 e. The van der Waals surface area contributed by atoms with Crippen LogP contribution in [0.15, 0.2) is 4.99 Å². The van der Waals surface area contributed by atoms with Crippen LogP contribution in [-0.4, -0.2) is 179 Å². The van der Waals surface area contributed by atoms with E-state index in [-0.39, 0.29) is 82.4 Å². The summed E-state index contributed by atoms with van der Waals surface area (Å²) in [6.45, 7) is 13.7. The average Bonchev–Trinajstić information content (AvgIpc) is 3.45. The highest BCUT2D eigenvalue weighted by Gasteiger charge is 2.37. The van der Waals surface area contributed by atoms with Gasteiger partial charge in [-0.1, -0.05) is 48.0 Å². The van der Waals surface area contributed by atoms with Crippen molar-refractivity contribution in [1.29, 1.82) is 0 Å². The minimum atomic E-state index is -1.78. The highest BCUT2D eigenvalue weighted by molar-refractivity contribution is 5.99. The van der Waals surface area contributed by atoms with Crippen LogP contribution in [0.1, 0.15) is 145 Å². The topological polar surface area (TPSA) is 525 Å². The number of aliphatic hydroxyl groups is 1. The van der Waals surface area contributed by atoms with Crippen molar-refractivity contribution in [1.82, 2.24) is 47.9 Å². The number of nitrogens with zero attached hydrogens (tertiary/aromatic N) is 1. The summed E-state index contributed by atoms with van der Waals surface area (Å²) in [5.41, 5.74) is 34.0. The first kappa shape index (κ1) is 75.2. The van der Waals surface area contributed by atoms with Gasteiger partial charge in [0.25, 0.3) is 0 Å². The van der Waals surface area contributed by atoms with E-state index in [1.54, 1.807) is 27.7 Å². The molecular formula is C52H98N16O14. The van der Waals surface area contributed by atoms with E-state index in [0.717, 1.165) is 0 Å². The maximum atomic E-state index is 14.1. The van der Waals surface area contributed by atoms with E-state index >= 15 is 0 Å². The molecule has 9 amide bonds. The second kappa shape index (κ2) is 40.4. The van der Waals surface area contributed by atoms with Gasteiger partial charge in [0.2, 0.25) is 53.2 Å². The van der Waals surface area contributed by atoms with Gasteiger partial charge in [-0.2, -0.15) is 0 Å². The molecule has 0 saturated heterocycles. The summed E-state index contributed by atoms with van der Waals surface area (Å²) in [6.07, 6.45) is 0.355. The molecule has 0 aliphatic rings. The van der Waals surface area contributed by atoms with Crippen molar-refractivity contribution in [2.75, 3.05) is 26.2 Å². The number of aliphatic hydroxyl groups excluding tert-OH is 1. The second-order valence-electron chi connectivity index (χ2n) is 21.7. The summed E-state index contributed by atoms with van der Waals surface area (Å²) in [7, 11) is 0. The van der Waals surface area contributed by atoms with Crippen LogP contribution in [0.25, 0.3) is 0 Å². The SMILES string of the molecule is CC(C)C[C@H](NC(=O)[C@H](CC(=O)O)NC(=O)[C@H](CCCCN)NC(=O)[C@H](CCCN=C(N)N)NC(=O)[C@H](C)NC(=O)[C@@H](NC(=O)[C@H](CCCCN)NC(=O)[C@H](CC(C)C)NC(=O)[C@@H](NC(=O)[C@@H](N)CCCCN)C(C)C)[C@@H](C)O)C(=O)O. The molecule has 30 nitrogen and oxygen atoms in total. The van der Waals surface area contributed by atoms with Gasteiger partial charge in [0, 0.05) is 6.54 Å². The molecule has 0 aliphatic carbocycles. The number of aliphatic imine (C=N–C) groups is 1. The number of carbonyl (C=O) groups is 11. The first-order valence-corrected chi connectivity index (χ1v) is 28.2. The Labute approximate surface area is 480 Å². The Morgan fingerprint density at radius 1 is 0.427 bits per heavy atom. The summed E-state index contributed by atoms with van der Waals surface area (Å²) in [5, 5.41) is 52.6. The number of hydrogen-bond donors (Lipinski definition) is 18. The number of carboxylic acid groups (broad SMARTS) is 2. The number of carbonyl (C=O) groups excluding carboxylic acids is 9. The molecule has 0 fully saturated rings. The van der Waals surface area contributed by atoms with Crippen molar-refractivity contribution in [2.24, 2.45) is 57.1 Å². The molecule has 11 atom stereocenters. The highest BCUT2D eigenvalue weighted by atomic mass is 16.4. The van der Waals surface area contributed by atoms with Crippen LogP contribution < -0.4 is 82.3 Å². The number of amides is 9. The zero-order valence-corrected chi connectivity index (χ0v) is 49.1. The van der Waals surface area contributed by atoms with Gasteiger partial charge < -0.3 is 97.6 Å². The highest BCUT2D eigenvalue weighted by Crippen LogP contribution is 2.13. The number of unbranched alkanes of at least 4 members (excludes halogenated alkanes) is 3. The molecule has 0 aliphatic heterocycles. The second-order valence-corrected chi connectivity index (χ2v) is 21.7. The smallest absolute Gasteiger partial charge is 0.326 e. The zero-order valence-electron chi connectivity index (χ0n) is 49.1. The monoisotopic (exact) mass is 1170 g/mol. The molecule has 470 valence electrons. The first-order chi connectivity index (χ1) is 38.4. The lowest BCUT2D eigenvalue weighted by Gasteiger charge is -2.29. The minimum absolute atomic E-state index is 0.00285. The standard InChI is InChI=1S/C52H98N16O14/c1-27(2)24-36(65-49(79)40(29(5)6)67-43(73)32(56)16-9-12-20-53)47(77)63-34(18-11-14-22-55)46(76)68-41(31(8)69)50(80)60-30(7)42(72)61-35(19-15-23-59-52(57)58)44(74)62-33(17-10-13-21-54)45(75)64-37(26-39(70)71)48(78)66-38(51(81)82)25-28(3)4/h27-38,40-41,69H,9-26,53-56H2,1-8H3,(H,60,80)(H,61,72)(H,62,74)(H,63,77)(H,64,75)(H,65,79)(H,66,78)(H,67,73)(H,68,76)(H,70,71)(H,81,82)(H4,57,58,59)/t30-,31+,32-,33-,34-,35-,36-,37-,38-,40-,41-/m0/s1. The van der Waals surface area contributed by atoms with Gasteiger partial charge in [-0.3, -0.25) is 52.9 Å². The fourth-order valence-electron chi connectivity index (χ4n) is 8.19. The maximum Gasteiger partial charge on any atom is 0.326 e. The summed E-state index contributed by atoms with van der Waals surface area (Å²) in [6, 6.07) is -13.9. The van der Waals surface area contributed by atoms with Crippen LogP contribution in [-0.2, 0) is 52.7 Å². The normalized spacial score (nSPS) is 15.3. The van der Waals surface area contributed by atoms with Crippen LogP contribution in [0.5, 0.6) is 0 Å². The molecule has 0 saturated carbocycles. The van der Waals surface area contributed by atoms with Gasteiger partial charge in [0.05, 0.1) is 18.6 Å². The van der Waals surface area contributed by atoms with Crippen molar-refractivity contribution < 1.29 is 68.1 Å². The number of hydrogen-bond acceptors (Lipinski definition) is 17. The van der Waals surface area contributed by atoms with E-state index in [1.165, 1.54) is 13.8 Å². The van der Waals surface area contributed by atoms with Crippen molar-refractivity contribution in [3.05, 3.63) is 0 Å². The Hall–Kier alpha value is -6.76. The average molecular weight is 1170 g/mol. The Bertz CT molecular complexity index is 2090. The molecule has 24 N–H and O–H groups in total. The van der Waals surface area contributed by atoms with Gasteiger partial charge in [0.15, 0.2) is 5.96 Å². The van der Waals surface area contributed by atoms with Crippen molar-refractivity contribution in [3.8, 4) is 0 Å². The molecule has 0 aromatic rings. The maximum absolute atomic E-state index is 14.1. The Balaban J connectivity index is 6.65. The Kier molecular flexibility index (Phi) is 37.1. The number of nitrogens with one attached hydrogen (secondary N) is 9. The van der Waals surface area contributed by atoms with E-state index in [1.807, 2.05) is 13.8 Å². The molecule has 0 rings (SSSR count). The molecular weight excluding hydrogens is 1070 g/mol. The lowest BCUT2D eigenvalue weighted by atomic mass is 9.98.